The van der Waals surface area contributed by atoms with Gasteiger partial charge < -0.3 is 25.0 Å². The highest BCUT2D eigenvalue weighted by Crippen LogP contribution is 2.32. The minimum atomic E-state index is -5.08. The molecule has 0 radical (unpaired) electrons. The predicted molar refractivity (Wildman–Crippen MR) is 140 cm³/mol. The molecule has 11 nitrogen and oxygen atoms in total. The summed E-state index contributed by atoms with van der Waals surface area (Å²) >= 11 is 1.92. The first kappa shape index (κ1) is 32.2. The molecule has 0 atom stereocenters. The van der Waals surface area contributed by atoms with Crippen LogP contribution >= 0.6 is 11.8 Å². The van der Waals surface area contributed by atoms with Crippen molar-refractivity contribution in [1.82, 2.24) is 29.3 Å². The number of anilines is 2. The molecule has 228 valence electrons. The fourth-order valence-corrected chi connectivity index (χ4v) is 5.37. The molecular formula is C23H30F6N8O3S. The number of rotatable bonds is 8. The molecule has 41 heavy (non-hydrogen) atoms. The first-order valence-corrected chi connectivity index (χ1v) is 13.5. The normalized spacial score (nSPS) is 15.4. The van der Waals surface area contributed by atoms with Crippen molar-refractivity contribution in [2.75, 3.05) is 35.3 Å². The first-order valence-electron chi connectivity index (χ1n) is 12.4. The quantitative estimate of drug-likeness (QED) is 0.315. The monoisotopic (exact) mass is 612 g/mol. The van der Waals surface area contributed by atoms with Gasteiger partial charge in [-0.3, -0.25) is 4.68 Å². The number of carboxylic acids is 1. The van der Waals surface area contributed by atoms with Gasteiger partial charge in [-0.05, 0) is 44.3 Å². The van der Waals surface area contributed by atoms with Crippen LogP contribution in [0.25, 0.3) is 11.2 Å². The highest BCUT2D eigenvalue weighted by atomic mass is 32.2. The van der Waals surface area contributed by atoms with E-state index in [0.717, 1.165) is 40.9 Å². The Kier molecular flexibility index (Phi) is 9.99. The zero-order valence-electron chi connectivity index (χ0n) is 22.7. The third-order valence-corrected chi connectivity index (χ3v) is 7.26. The topological polar surface area (TPSA) is 132 Å². The number of aromatic nitrogens is 6. The highest BCUT2D eigenvalue weighted by Gasteiger charge is 2.38. The Morgan fingerprint density at radius 1 is 1.12 bits per heavy atom. The third-order valence-electron chi connectivity index (χ3n) is 6.28. The van der Waals surface area contributed by atoms with Crippen LogP contribution in [0.4, 0.5) is 38.1 Å². The van der Waals surface area contributed by atoms with Crippen LogP contribution in [-0.2, 0) is 36.3 Å². The number of nitrogens with one attached hydrogen (secondary N) is 2. The molecule has 18 heteroatoms. The van der Waals surface area contributed by atoms with Crippen LogP contribution < -0.4 is 10.6 Å². The predicted octanol–water partition coefficient (Wildman–Crippen LogP) is 4.38. The van der Waals surface area contributed by atoms with E-state index >= 15 is 0 Å². The molecule has 3 aromatic rings. The van der Waals surface area contributed by atoms with Gasteiger partial charge in [0, 0.05) is 27.2 Å². The van der Waals surface area contributed by atoms with Crippen molar-refractivity contribution in [2.45, 2.75) is 51.2 Å². The summed E-state index contributed by atoms with van der Waals surface area (Å²) in [7, 11) is 3.12. The van der Waals surface area contributed by atoms with E-state index in [1.54, 1.807) is 0 Å². The maximum atomic E-state index is 13.1. The van der Waals surface area contributed by atoms with Crippen LogP contribution in [0.3, 0.4) is 0 Å². The van der Waals surface area contributed by atoms with Crippen molar-refractivity contribution >= 4 is 40.7 Å². The molecule has 4 rings (SSSR count). The van der Waals surface area contributed by atoms with E-state index in [1.165, 1.54) is 7.05 Å². The molecule has 1 aliphatic rings. The number of aryl methyl sites for hydroxylation is 3. The van der Waals surface area contributed by atoms with E-state index in [9.17, 15) is 26.3 Å². The summed E-state index contributed by atoms with van der Waals surface area (Å²) in [6.07, 6.45) is -7.67. The molecule has 1 fully saturated rings. The summed E-state index contributed by atoms with van der Waals surface area (Å²) in [5, 5.41) is 17.6. The van der Waals surface area contributed by atoms with Gasteiger partial charge in [-0.1, -0.05) is 0 Å². The van der Waals surface area contributed by atoms with Crippen LogP contribution in [-0.4, -0.2) is 76.8 Å². The van der Waals surface area contributed by atoms with Gasteiger partial charge in [0.1, 0.15) is 17.0 Å². The van der Waals surface area contributed by atoms with Crippen molar-refractivity contribution in [2.24, 2.45) is 14.1 Å². The van der Waals surface area contributed by atoms with Gasteiger partial charge in [0.15, 0.2) is 11.5 Å². The van der Waals surface area contributed by atoms with Gasteiger partial charge in [0.2, 0.25) is 5.95 Å². The molecular weight excluding hydrogens is 582 g/mol. The summed E-state index contributed by atoms with van der Waals surface area (Å²) in [4.78, 5) is 22.6. The first-order chi connectivity index (χ1) is 19.1. The average molecular weight is 613 g/mol. The Bertz CT molecular complexity index is 1350. The van der Waals surface area contributed by atoms with E-state index < -0.39 is 24.0 Å². The van der Waals surface area contributed by atoms with Gasteiger partial charge in [0.05, 0.1) is 17.8 Å². The summed E-state index contributed by atoms with van der Waals surface area (Å²) < 4.78 is 79.9. The Labute approximate surface area is 235 Å². The van der Waals surface area contributed by atoms with Crippen LogP contribution in [0.2, 0.25) is 0 Å². The Hall–Kier alpha value is -3.28. The SMILES string of the molecule is CCOC1(CNc2nc(NCc3cc(C(F)(F)F)n(C)n3)c3c(n2)nc(C)n3C)CCSCC1.O=C(O)C(F)(F)F. The lowest BCUT2D eigenvalue weighted by atomic mass is 9.96. The fraction of sp³-hybridized carbons (Fsp3) is 0.609. The number of imidazole rings is 1. The van der Waals surface area contributed by atoms with Crippen LogP contribution in [0.15, 0.2) is 6.07 Å². The van der Waals surface area contributed by atoms with Crippen molar-refractivity contribution in [3.05, 3.63) is 23.3 Å². The minimum absolute atomic E-state index is 0.0693. The fourth-order valence-electron chi connectivity index (χ4n) is 4.14. The largest absolute Gasteiger partial charge is 0.490 e. The molecule has 0 unspecified atom stereocenters. The second-order valence-electron chi connectivity index (χ2n) is 9.17. The lowest BCUT2D eigenvalue weighted by molar-refractivity contribution is -0.192. The number of fused-ring (bicyclic) bond motifs is 1. The highest BCUT2D eigenvalue weighted by molar-refractivity contribution is 7.99. The summed E-state index contributed by atoms with van der Waals surface area (Å²) in [6.45, 7) is 5.11. The van der Waals surface area contributed by atoms with Gasteiger partial charge in [-0.25, -0.2) is 9.78 Å². The summed E-state index contributed by atoms with van der Waals surface area (Å²) in [5.74, 6) is 0.932. The summed E-state index contributed by atoms with van der Waals surface area (Å²) in [5.41, 5.74) is 0.353. The zero-order valence-corrected chi connectivity index (χ0v) is 23.5. The number of aliphatic carboxylic acids is 1. The molecule has 3 aromatic heterocycles. The standard InChI is InChI=1S/C21H29F3N8OS.C2HF3O2/c1-5-33-20(6-8-34-9-7-20)12-26-19-28-17(16-18(29-19)27-13(2)31(16)3)25-11-14-10-15(21(22,23)24)32(4)30-14;3-2(4,5)1(6)7/h10H,5-9,11-12H2,1-4H3,(H2,25,26,28,29);(H,6,7). The van der Waals surface area contributed by atoms with E-state index in [2.05, 4.69) is 30.7 Å². The number of carboxylic acid groups (broad SMARTS) is 1. The number of alkyl halides is 6. The molecule has 0 amide bonds. The maximum Gasteiger partial charge on any atom is 0.490 e. The van der Waals surface area contributed by atoms with E-state index in [-0.39, 0.29) is 17.8 Å². The second kappa shape index (κ2) is 12.7. The maximum absolute atomic E-state index is 13.1. The van der Waals surface area contributed by atoms with Crippen LogP contribution in [0.5, 0.6) is 0 Å². The zero-order chi connectivity index (χ0) is 30.6. The second-order valence-corrected chi connectivity index (χ2v) is 10.4. The van der Waals surface area contributed by atoms with Crippen molar-refractivity contribution in [1.29, 1.82) is 0 Å². The van der Waals surface area contributed by atoms with Gasteiger partial charge in [-0.15, -0.1) is 0 Å². The molecule has 1 saturated heterocycles. The molecule has 3 N–H and O–H groups in total. The van der Waals surface area contributed by atoms with E-state index in [0.29, 0.717) is 36.1 Å². The van der Waals surface area contributed by atoms with Crippen molar-refractivity contribution in [3.8, 4) is 0 Å². The molecule has 4 heterocycles. The average Bonchev–Trinajstić information content (AvgIpc) is 3.40. The number of carbonyl (C=O) groups is 1. The van der Waals surface area contributed by atoms with E-state index in [4.69, 9.17) is 14.6 Å². The van der Waals surface area contributed by atoms with Gasteiger partial charge in [0.25, 0.3) is 0 Å². The Morgan fingerprint density at radius 3 is 2.29 bits per heavy atom. The Balaban J connectivity index is 0.000000587. The van der Waals surface area contributed by atoms with Crippen LogP contribution in [0, 0.1) is 6.92 Å². The number of nitrogens with zero attached hydrogens (tertiary/aromatic N) is 6. The summed E-state index contributed by atoms with van der Waals surface area (Å²) in [6, 6.07) is 1.03. The Morgan fingerprint density at radius 2 is 1.76 bits per heavy atom. The minimum Gasteiger partial charge on any atom is -0.475 e. The third kappa shape index (κ3) is 8.15. The number of ether oxygens (including phenoxy) is 1. The number of thioether (sulfide) groups is 1. The van der Waals surface area contributed by atoms with Crippen molar-refractivity contribution < 1.29 is 41.0 Å². The number of hydrogen-bond acceptors (Lipinski definition) is 9. The number of hydrogen-bond donors (Lipinski definition) is 3. The van der Waals surface area contributed by atoms with Crippen LogP contribution in [0.1, 0.15) is 37.0 Å². The molecule has 0 saturated carbocycles. The number of halogens is 6. The molecule has 0 spiro atoms. The van der Waals surface area contributed by atoms with Gasteiger partial charge in [-0.2, -0.15) is 53.2 Å². The lowest BCUT2D eigenvalue weighted by Gasteiger charge is -2.36. The van der Waals surface area contributed by atoms with Crippen molar-refractivity contribution in [3.63, 3.8) is 0 Å². The molecule has 0 aromatic carbocycles. The smallest absolute Gasteiger partial charge is 0.475 e. The molecule has 0 bridgehead atoms. The van der Waals surface area contributed by atoms with E-state index in [1.807, 2.05) is 37.2 Å². The lowest BCUT2D eigenvalue weighted by Crippen LogP contribution is -2.43. The van der Waals surface area contributed by atoms with Gasteiger partial charge >= 0.3 is 18.3 Å². The molecule has 1 aliphatic heterocycles. The molecule has 0 aliphatic carbocycles.